The molecule has 1 aliphatic heterocycles. The van der Waals surface area contributed by atoms with Crippen LogP contribution in [0.15, 0.2) is 6.33 Å². The van der Waals surface area contributed by atoms with Gasteiger partial charge in [-0.1, -0.05) is 0 Å². The van der Waals surface area contributed by atoms with E-state index in [-0.39, 0.29) is 0 Å². The maximum atomic E-state index is 5.22. The number of hydrogen-bond donors (Lipinski definition) is 0. The molecule has 1 fully saturated rings. The standard InChI is InChI=1S/C10H14N2O/c1-2-4-10-9(3-1)11-7-12(10)5-8-6-13-8/h7-8H,1-6H2/t8-/m0/s1. The lowest BCUT2D eigenvalue weighted by Gasteiger charge is -2.12. The fourth-order valence-electron chi connectivity index (χ4n) is 2.08. The molecule has 2 aliphatic rings. The maximum Gasteiger partial charge on any atom is 0.0988 e. The molecule has 1 atom stereocenters. The topological polar surface area (TPSA) is 30.4 Å². The third-order valence-corrected chi connectivity index (χ3v) is 2.91. The third-order valence-electron chi connectivity index (χ3n) is 2.91. The maximum absolute atomic E-state index is 5.22. The quantitative estimate of drug-likeness (QED) is 0.636. The molecule has 1 aromatic heterocycles. The molecule has 0 unspecified atom stereocenters. The molecule has 0 N–H and O–H groups in total. The van der Waals surface area contributed by atoms with Gasteiger partial charge in [0.2, 0.25) is 0 Å². The number of imidazole rings is 1. The Bertz CT molecular complexity index is 315. The van der Waals surface area contributed by atoms with Crippen LogP contribution in [0.3, 0.4) is 0 Å². The molecule has 1 aromatic rings. The van der Waals surface area contributed by atoms with Gasteiger partial charge in [-0.2, -0.15) is 0 Å². The summed E-state index contributed by atoms with van der Waals surface area (Å²) >= 11 is 0. The minimum absolute atomic E-state index is 0.472. The molecular formula is C10H14N2O. The van der Waals surface area contributed by atoms with Gasteiger partial charge in [-0.25, -0.2) is 4.98 Å². The summed E-state index contributed by atoms with van der Waals surface area (Å²) in [5, 5.41) is 0. The lowest BCUT2D eigenvalue weighted by atomic mass is 10.0. The van der Waals surface area contributed by atoms with Crippen LogP contribution in [0, 0.1) is 0 Å². The van der Waals surface area contributed by atoms with E-state index in [0.29, 0.717) is 6.10 Å². The number of ether oxygens (including phenoxy) is 1. The van der Waals surface area contributed by atoms with Gasteiger partial charge in [-0.3, -0.25) is 0 Å². The lowest BCUT2D eigenvalue weighted by molar-refractivity contribution is 0.379. The molecule has 1 aliphatic carbocycles. The zero-order valence-corrected chi connectivity index (χ0v) is 7.70. The van der Waals surface area contributed by atoms with E-state index in [4.69, 9.17) is 4.74 Å². The second kappa shape index (κ2) is 2.84. The van der Waals surface area contributed by atoms with Gasteiger partial charge in [0.15, 0.2) is 0 Å². The van der Waals surface area contributed by atoms with Crippen molar-refractivity contribution in [1.29, 1.82) is 0 Å². The van der Waals surface area contributed by atoms with Gasteiger partial charge in [0, 0.05) is 5.69 Å². The minimum Gasteiger partial charge on any atom is -0.371 e. The van der Waals surface area contributed by atoms with Gasteiger partial charge in [-0.15, -0.1) is 0 Å². The molecule has 0 spiro atoms. The summed E-state index contributed by atoms with van der Waals surface area (Å²) in [6, 6.07) is 0. The van der Waals surface area contributed by atoms with Crippen LogP contribution in [0.5, 0.6) is 0 Å². The molecule has 0 bridgehead atoms. The van der Waals surface area contributed by atoms with Gasteiger partial charge in [0.1, 0.15) is 0 Å². The van der Waals surface area contributed by atoms with Crippen molar-refractivity contribution in [2.75, 3.05) is 6.61 Å². The Morgan fingerprint density at radius 3 is 3.15 bits per heavy atom. The molecule has 13 heavy (non-hydrogen) atoms. The van der Waals surface area contributed by atoms with E-state index < -0.39 is 0 Å². The highest BCUT2D eigenvalue weighted by Crippen LogP contribution is 2.21. The van der Waals surface area contributed by atoms with Crippen molar-refractivity contribution >= 4 is 0 Å². The highest BCUT2D eigenvalue weighted by molar-refractivity contribution is 5.16. The SMILES string of the molecule is c1nc2c(n1C[C@H]1CO1)CCCC2. The largest absolute Gasteiger partial charge is 0.371 e. The van der Waals surface area contributed by atoms with Crippen LogP contribution in [-0.4, -0.2) is 22.3 Å². The summed E-state index contributed by atoms with van der Waals surface area (Å²) in [5.74, 6) is 0. The Labute approximate surface area is 77.7 Å². The van der Waals surface area contributed by atoms with Crippen molar-refractivity contribution in [1.82, 2.24) is 9.55 Å². The number of aromatic nitrogens is 2. The molecule has 1 saturated heterocycles. The highest BCUT2D eigenvalue weighted by Gasteiger charge is 2.25. The molecule has 70 valence electrons. The molecular weight excluding hydrogens is 164 g/mol. The Balaban J connectivity index is 1.86. The average molecular weight is 178 g/mol. The second-order valence-electron chi connectivity index (χ2n) is 3.95. The molecule has 0 amide bonds. The Morgan fingerprint density at radius 2 is 2.31 bits per heavy atom. The first-order valence-corrected chi connectivity index (χ1v) is 5.08. The number of fused-ring (bicyclic) bond motifs is 1. The zero-order chi connectivity index (χ0) is 8.67. The van der Waals surface area contributed by atoms with Crippen molar-refractivity contribution in [2.45, 2.75) is 38.3 Å². The van der Waals surface area contributed by atoms with E-state index in [0.717, 1.165) is 13.2 Å². The number of rotatable bonds is 2. The molecule has 0 aromatic carbocycles. The number of hydrogen-bond acceptors (Lipinski definition) is 2. The van der Waals surface area contributed by atoms with Gasteiger partial charge in [-0.05, 0) is 25.7 Å². The summed E-state index contributed by atoms with van der Waals surface area (Å²) in [6.45, 7) is 1.95. The smallest absolute Gasteiger partial charge is 0.0988 e. The van der Waals surface area contributed by atoms with Crippen LogP contribution >= 0.6 is 0 Å². The fraction of sp³-hybridized carbons (Fsp3) is 0.700. The normalized spacial score (nSPS) is 25.7. The molecule has 3 nitrogen and oxygen atoms in total. The fourth-order valence-corrected chi connectivity index (χ4v) is 2.08. The lowest BCUT2D eigenvalue weighted by Crippen LogP contribution is -2.10. The van der Waals surface area contributed by atoms with Gasteiger partial charge in [0.05, 0.1) is 31.3 Å². The minimum atomic E-state index is 0.472. The van der Waals surface area contributed by atoms with Crippen LogP contribution in [0.2, 0.25) is 0 Å². The van der Waals surface area contributed by atoms with Crippen LogP contribution in [-0.2, 0) is 24.1 Å². The summed E-state index contributed by atoms with van der Waals surface area (Å²) < 4.78 is 7.51. The van der Waals surface area contributed by atoms with E-state index in [1.54, 1.807) is 0 Å². The third kappa shape index (κ3) is 1.37. The molecule has 0 saturated carbocycles. The van der Waals surface area contributed by atoms with Crippen LogP contribution in [0.4, 0.5) is 0 Å². The van der Waals surface area contributed by atoms with Gasteiger partial charge >= 0.3 is 0 Å². The molecule has 3 rings (SSSR count). The average Bonchev–Trinajstić information content (AvgIpc) is 2.88. The Morgan fingerprint density at radius 1 is 1.46 bits per heavy atom. The van der Waals surface area contributed by atoms with Crippen LogP contribution in [0.1, 0.15) is 24.2 Å². The molecule has 2 heterocycles. The van der Waals surface area contributed by atoms with E-state index >= 15 is 0 Å². The molecule has 0 radical (unpaired) electrons. The number of epoxide rings is 1. The monoisotopic (exact) mass is 178 g/mol. The van der Waals surface area contributed by atoms with Crippen molar-refractivity contribution in [3.05, 3.63) is 17.7 Å². The Kier molecular flexibility index (Phi) is 1.65. The zero-order valence-electron chi connectivity index (χ0n) is 7.70. The number of nitrogens with zero attached hydrogens (tertiary/aromatic N) is 2. The van der Waals surface area contributed by atoms with Crippen molar-refractivity contribution in [3.8, 4) is 0 Å². The summed E-state index contributed by atoms with van der Waals surface area (Å²) in [6.07, 6.45) is 7.47. The van der Waals surface area contributed by atoms with Crippen LogP contribution < -0.4 is 0 Å². The summed E-state index contributed by atoms with van der Waals surface area (Å²) in [4.78, 5) is 4.44. The second-order valence-corrected chi connectivity index (χ2v) is 3.95. The van der Waals surface area contributed by atoms with Crippen molar-refractivity contribution in [2.24, 2.45) is 0 Å². The van der Waals surface area contributed by atoms with Crippen molar-refractivity contribution < 1.29 is 4.74 Å². The van der Waals surface area contributed by atoms with Gasteiger partial charge in [0.25, 0.3) is 0 Å². The van der Waals surface area contributed by atoms with E-state index in [1.807, 2.05) is 6.33 Å². The Hall–Kier alpha value is -0.830. The molecule has 3 heteroatoms. The highest BCUT2D eigenvalue weighted by atomic mass is 16.6. The first-order valence-electron chi connectivity index (χ1n) is 5.08. The first-order chi connectivity index (χ1) is 6.43. The van der Waals surface area contributed by atoms with Crippen LogP contribution in [0.25, 0.3) is 0 Å². The predicted octanol–water partition coefficient (Wildman–Crippen LogP) is 1.16. The van der Waals surface area contributed by atoms with Crippen molar-refractivity contribution in [3.63, 3.8) is 0 Å². The summed E-state index contributed by atoms with van der Waals surface area (Å²) in [5.41, 5.74) is 2.79. The van der Waals surface area contributed by atoms with E-state index in [1.165, 1.54) is 37.1 Å². The predicted molar refractivity (Wildman–Crippen MR) is 48.6 cm³/mol. The number of aryl methyl sites for hydroxylation is 1. The van der Waals surface area contributed by atoms with E-state index in [9.17, 15) is 0 Å². The van der Waals surface area contributed by atoms with Gasteiger partial charge < -0.3 is 9.30 Å². The van der Waals surface area contributed by atoms with E-state index in [2.05, 4.69) is 9.55 Å². The summed E-state index contributed by atoms with van der Waals surface area (Å²) in [7, 11) is 0. The first kappa shape index (κ1) is 7.56.